The standard InChI is InChI=1S/C17H14N6/c18-15-6-5-10(8-20-15)11-7-12(16(19)21-9-11)17-22-13-3-1-2-4-14(13)23-17/h1-9H,(H2,18,20)(H2,19,21)(H,22,23). The molecule has 0 aliphatic heterocycles. The van der Waals surface area contributed by atoms with Crippen molar-refractivity contribution in [2.75, 3.05) is 11.5 Å². The van der Waals surface area contributed by atoms with E-state index in [1.165, 1.54) is 0 Å². The molecule has 3 heterocycles. The van der Waals surface area contributed by atoms with Crippen molar-refractivity contribution in [2.24, 2.45) is 0 Å². The largest absolute Gasteiger partial charge is 0.384 e. The number of nitrogens with one attached hydrogen (secondary N) is 1. The number of aromatic nitrogens is 4. The maximum absolute atomic E-state index is 6.04. The molecule has 6 heteroatoms. The van der Waals surface area contributed by atoms with E-state index in [0.717, 1.165) is 27.7 Å². The fraction of sp³-hybridized carbons (Fsp3) is 0. The number of nitrogens with two attached hydrogens (primary N) is 2. The number of nitrogens with zero attached hydrogens (tertiary/aromatic N) is 3. The predicted molar refractivity (Wildman–Crippen MR) is 91.4 cm³/mol. The Morgan fingerprint density at radius 2 is 1.70 bits per heavy atom. The molecule has 6 nitrogen and oxygen atoms in total. The molecule has 0 amide bonds. The number of pyridine rings is 2. The smallest absolute Gasteiger partial charge is 0.142 e. The topological polar surface area (TPSA) is 106 Å². The predicted octanol–water partition coefficient (Wildman–Crippen LogP) is 2.85. The van der Waals surface area contributed by atoms with Crippen LogP contribution < -0.4 is 11.5 Å². The van der Waals surface area contributed by atoms with Crippen LogP contribution in [0.25, 0.3) is 33.5 Å². The van der Waals surface area contributed by atoms with Gasteiger partial charge in [-0.05, 0) is 30.3 Å². The highest BCUT2D eigenvalue weighted by molar-refractivity contribution is 5.83. The summed E-state index contributed by atoms with van der Waals surface area (Å²) in [5, 5.41) is 0. The molecule has 0 aliphatic carbocycles. The van der Waals surface area contributed by atoms with E-state index in [4.69, 9.17) is 11.5 Å². The van der Waals surface area contributed by atoms with Crippen LogP contribution in [0.4, 0.5) is 11.6 Å². The minimum Gasteiger partial charge on any atom is -0.384 e. The lowest BCUT2D eigenvalue weighted by Gasteiger charge is -2.06. The van der Waals surface area contributed by atoms with E-state index in [1.807, 2.05) is 36.4 Å². The molecule has 23 heavy (non-hydrogen) atoms. The molecular weight excluding hydrogens is 288 g/mol. The molecule has 4 aromatic rings. The molecule has 3 aromatic heterocycles. The van der Waals surface area contributed by atoms with Gasteiger partial charge in [-0.1, -0.05) is 12.1 Å². The molecule has 0 bridgehead atoms. The van der Waals surface area contributed by atoms with E-state index in [2.05, 4.69) is 19.9 Å². The number of nitrogen functional groups attached to an aromatic ring is 2. The third kappa shape index (κ3) is 2.36. The fourth-order valence-electron chi connectivity index (χ4n) is 2.48. The molecule has 0 saturated carbocycles. The van der Waals surface area contributed by atoms with Crippen molar-refractivity contribution in [3.63, 3.8) is 0 Å². The Balaban J connectivity index is 1.84. The second-order valence-corrected chi connectivity index (χ2v) is 5.23. The van der Waals surface area contributed by atoms with Gasteiger partial charge in [0.05, 0.1) is 16.6 Å². The summed E-state index contributed by atoms with van der Waals surface area (Å²) in [5.41, 5.74) is 16.1. The Morgan fingerprint density at radius 1 is 0.870 bits per heavy atom. The first-order chi connectivity index (χ1) is 11.2. The lowest BCUT2D eigenvalue weighted by atomic mass is 10.1. The van der Waals surface area contributed by atoms with E-state index < -0.39 is 0 Å². The van der Waals surface area contributed by atoms with Gasteiger partial charge in [0, 0.05) is 23.5 Å². The average molecular weight is 302 g/mol. The number of H-pyrrole nitrogens is 1. The third-order valence-corrected chi connectivity index (χ3v) is 3.68. The van der Waals surface area contributed by atoms with Crippen LogP contribution in [-0.4, -0.2) is 19.9 Å². The van der Waals surface area contributed by atoms with Crippen LogP contribution in [0.2, 0.25) is 0 Å². The summed E-state index contributed by atoms with van der Waals surface area (Å²) in [5.74, 6) is 1.60. The summed E-state index contributed by atoms with van der Waals surface area (Å²) in [6.45, 7) is 0. The number of anilines is 2. The molecule has 0 spiro atoms. The highest BCUT2D eigenvalue weighted by Gasteiger charge is 2.11. The van der Waals surface area contributed by atoms with Gasteiger partial charge in [0.2, 0.25) is 0 Å². The molecule has 112 valence electrons. The van der Waals surface area contributed by atoms with Crippen LogP contribution in [0.3, 0.4) is 0 Å². The maximum atomic E-state index is 6.04. The van der Waals surface area contributed by atoms with Gasteiger partial charge in [-0.3, -0.25) is 0 Å². The monoisotopic (exact) mass is 302 g/mol. The number of hydrogen-bond acceptors (Lipinski definition) is 5. The van der Waals surface area contributed by atoms with Gasteiger partial charge in [-0.15, -0.1) is 0 Å². The van der Waals surface area contributed by atoms with Gasteiger partial charge < -0.3 is 16.5 Å². The molecule has 0 aliphatic rings. The fourth-order valence-corrected chi connectivity index (χ4v) is 2.48. The van der Waals surface area contributed by atoms with E-state index in [9.17, 15) is 0 Å². The molecular formula is C17H14N6. The normalized spacial score (nSPS) is 11.0. The van der Waals surface area contributed by atoms with Gasteiger partial charge >= 0.3 is 0 Å². The van der Waals surface area contributed by atoms with Gasteiger partial charge in [0.25, 0.3) is 0 Å². The molecule has 0 atom stereocenters. The number of benzene rings is 1. The summed E-state index contributed by atoms with van der Waals surface area (Å²) >= 11 is 0. The van der Waals surface area contributed by atoms with E-state index in [-0.39, 0.29) is 0 Å². The van der Waals surface area contributed by atoms with Crippen molar-refractivity contribution in [2.45, 2.75) is 0 Å². The zero-order valence-corrected chi connectivity index (χ0v) is 12.2. The summed E-state index contributed by atoms with van der Waals surface area (Å²) in [6.07, 6.45) is 3.43. The lowest BCUT2D eigenvalue weighted by molar-refractivity contribution is 1.27. The van der Waals surface area contributed by atoms with Crippen molar-refractivity contribution in [3.8, 4) is 22.5 Å². The zero-order valence-electron chi connectivity index (χ0n) is 12.2. The Labute approximate surface area is 132 Å². The Hall–Kier alpha value is -3.41. The van der Waals surface area contributed by atoms with Crippen molar-refractivity contribution < 1.29 is 0 Å². The quantitative estimate of drug-likeness (QED) is 0.528. The number of fused-ring (bicyclic) bond motifs is 1. The molecule has 0 unspecified atom stereocenters. The lowest BCUT2D eigenvalue weighted by Crippen LogP contribution is -1.96. The molecule has 5 N–H and O–H groups in total. The average Bonchev–Trinajstić information content (AvgIpc) is 3.00. The Morgan fingerprint density at radius 3 is 2.48 bits per heavy atom. The number of hydrogen-bond donors (Lipinski definition) is 3. The van der Waals surface area contributed by atoms with Gasteiger partial charge in [-0.2, -0.15) is 0 Å². The van der Waals surface area contributed by atoms with Crippen LogP contribution >= 0.6 is 0 Å². The van der Waals surface area contributed by atoms with E-state index in [0.29, 0.717) is 17.5 Å². The number of aromatic amines is 1. The molecule has 1 aromatic carbocycles. The highest BCUT2D eigenvalue weighted by atomic mass is 14.9. The highest BCUT2D eigenvalue weighted by Crippen LogP contribution is 2.29. The van der Waals surface area contributed by atoms with Crippen LogP contribution in [0.1, 0.15) is 0 Å². The van der Waals surface area contributed by atoms with Gasteiger partial charge in [0.15, 0.2) is 0 Å². The van der Waals surface area contributed by atoms with Crippen LogP contribution in [-0.2, 0) is 0 Å². The Kier molecular flexibility index (Phi) is 2.94. The minimum atomic E-state index is 0.427. The van der Waals surface area contributed by atoms with Crippen molar-refractivity contribution in [1.29, 1.82) is 0 Å². The van der Waals surface area contributed by atoms with Crippen molar-refractivity contribution in [3.05, 3.63) is 54.9 Å². The molecule has 0 fully saturated rings. The minimum absolute atomic E-state index is 0.427. The maximum Gasteiger partial charge on any atom is 0.142 e. The van der Waals surface area contributed by atoms with Crippen LogP contribution in [0.5, 0.6) is 0 Å². The first-order valence-corrected chi connectivity index (χ1v) is 7.13. The first kappa shape index (κ1) is 13.3. The summed E-state index contributed by atoms with van der Waals surface area (Å²) in [7, 11) is 0. The molecule has 0 radical (unpaired) electrons. The van der Waals surface area contributed by atoms with Crippen molar-refractivity contribution in [1.82, 2.24) is 19.9 Å². The SMILES string of the molecule is Nc1ccc(-c2cnc(N)c(-c3nc4ccccc4[nH]3)c2)cn1. The number of rotatable bonds is 2. The van der Waals surface area contributed by atoms with Crippen LogP contribution in [0, 0.1) is 0 Å². The van der Waals surface area contributed by atoms with E-state index in [1.54, 1.807) is 18.5 Å². The van der Waals surface area contributed by atoms with E-state index >= 15 is 0 Å². The van der Waals surface area contributed by atoms with Crippen LogP contribution in [0.15, 0.2) is 54.9 Å². The second kappa shape index (κ2) is 5.10. The third-order valence-electron chi connectivity index (χ3n) is 3.68. The summed E-state index contributed by atoms with van der Waals surface area (Å²) < 4.78 is 0. The summed E-state index contributed by atoms with van der Waals surface area (Å²) in [4.78, 5) is 16.2. The molecule has 0 saturated heterocycles. The zero-order chi connectivity index (χ0) is 15.8. The number of para-hydroxylation sites is 2. The number of imidazole rings is 1. The first-order valence-electron chi connectivity index (χ1n) is 7.13. The second-order valence-electron chi connectivity index (χ2n) is 5.23. The summed E-state index contributed by atoms with van der Waals surface area (Å²) in [6, 6.07) is 13.4. The van der Waals surface area contributed by atoms with Gasteiger partial charge in [0.1, 0.15) is 17.5 Å². The van der Waals surface area contributed by atoms with Gasteiger partial charge in [-0.25, -0.2) is 15.0 Å². The van der Waals surface area contributed by atoms with Crippen molar-refractivity contribution >= 4 is 22.7 Å². The molecule has 4 rings (SSSR count). The Bertz CT molecular complexity index is 955.